The van der Waals surface area contributed by atoms with Crippen LogP contribution in [-0.2, 0) is 22.4 Å². The summed E-state index contributed by atoms with van der Waals surface area (Å²) in [6, 6.07) is 7.00. The van der Waals surface area contributed by atoms with Crippen molar-refractivity contribution in [3.63, 3.8) is 0 Å². The Morgan fingerprint density at radius 2 is 1.92 bits per heavy atom. The summed E-state index contributed by atoms with van der Waals surface area (Å²) < 4.78 is 5.95. The van der Waals surface area contributed by atoms with Gasteiger partial charge in [0.15, 0.2) is 6.61 Å². The number of ether oxygens (including phenoxy) is 1. The fourth-order valence-electron chi connectivity index (χ4n) is 3.00. The molecule has 2 aromatic rings. The van der Waals surface area contributed by atoms with Gasteiger partial charge in [-0.25, -0.2) is 4.79 Å². The number of esters is 1. The number of thiophene rings is 1. The van der Waals surface area contributed by atoms with E-state index in [0.29, 0.717) is 20.6 Å². The molecule has 0 saturated carbocycles. The molecule has 0 saturated heterocycles. The van der Waals surface area contributed by atoms with Gasteiger partial charge in [-0.1, -0.05) is 34.1 Å². The van der Waals surface area contributed by atoms with Gasteiger partial charge in [0.25, 0.3) is 0 Å². The molecule has 0 aliphatic heterocycles. The van der Waals surface area contributed by atoms with E-state index < -0.39 is 5.97 Å². The quantitative estimate of drug-likeness (QED) is 0.558. The lowest BCUT2D eigenvalue weighted by atomic mass is 9.95. The van der Waals surface area contributed by atoms with Crippen LogP contribution in [0, 0.1) is 0 Å². The molecule has 3 rings (SSSR count). The van der Waals surface area contributed by atoms with Crippen LogP contribution in [0.25, 0.3) is 0 Å². The summed E-state index contributed by atoms with van der Waals surface area (Å²) in [5, 5.41) is 3.24. The lowest BCUT2D eigenvalue weighted by Gasteiger charge is -2.12. The molecular weight excluding hydrogens is 418 g/mol. The van der Waals surface area contributed by atoms with E-state index in [-0.39, 0.29) is 18.3 Å². The summed E-state index contributed by atoms with van der Waals surface area (Å²) in [5.74, 6) is -1.08. The highest BCUT2D eigenvalue weighted by Gasteiger charge is 2.27. The van der Waals surface area contributed by atoms with Crippen LogP contribution >= 0.6 is 27.3 Å². The number of hydrogen-bond acceptors (Lipinski definition) is 5. The van der Waals surface area contributed by atoms with Gasteiger partial charge in [0.05, 0.1) is 5.56 Å². The molecule has 1 amide bonds. The molecule has 0 atom stereocenters. The van der Waals surface area contributed by atoms with E-state index >= 15 is 0 Å². The zero-order valence-electron chi connectivity index (χ0n) is 14.3. The second kappa shape index (κ2) is 8.14. The third-order valence-electron chi connectivity index (χ3n) is 4.17. The van der Waals surface area contributed by atoms with E-state index in [1.165, 1.54) is 18.3 Å². The average molecular weight is 436 g/mol. The minimum atomic E-state index is -0.562. The third kappa shape index (κ3) is 4.04. The first-order chi connectivity index (χ1) is 12.5. The molecule has 136 valence electrons. The predicted octanol–water partition coefficient (Wildman–Crippen LogP) is 4.39. The number of ketones is 1. The SMILES string of the molecule is CC(=O)Nc1sc2c(c1C(=O)OCC(=O)c1ccccc1Br)CCCC2. The minimum Gasteiger partial charge on any atom is -0.454 e. The molecule has 0 spiro atoms. The number of anilines is 1. The Balaban J connectivity index is 1.79. The summed E-state index contributed by atoms with van der Waals surface area (Å²) in [5.41, 5.74) is 1.82. The lowest BCUT2D eigenvalue weighted by molar-refractivity contribution is -0.114. The van der Waals surface area contributed by atoms with Crippen LogP contribution in [0.3, 0.4) is 0 Å². The standard InChI is InChI=1S/C19H18BrNO4S/c1-11(22)21-18-17(13-7-3-5-9-16(13)26-18)19(24)25-10-15(23)12-6-2-4-8-14(12)20/h2,4,6,8H,3,5,7,9-10H2,1H3,(H,21,22). The zero-order valence-corrected chi connectivity index (χ0v) is 16.7. The van der Waals surface area contributed by atoms with Crippen LogP contribution in [0.1, 0.15) is 50.9 Å². The number of rotatable bonds is 5. The maximum absolute atomic E-state index is 12.7. The van der Waals surface area contributed by atoms with E-state index in [1.54, 1.807) is 18.2 Å². The van der Waals surface area contributed by atoms with Crippen molar-refractivity contribution in [2.75, 3.05) is 11.9 Å². The Bertz CT molecular complexity index is 874. The number of benzene rings is 1. The molecule has 26 heavy (non-hydrogen) atoms. The van der Waals surface area contributed by atoms with Crippen LogP contribution in [0.4, 0.5) is 5.00 Å². The highest BCUT2D eigenvalue weighted by molar-refractivity contribution is 9.10. The van der Waals surface area contributed by atoms with Crippen molar-refractivity contribution in [1.82, 2.24) is 0 Å². The summed E-state index contributed by atoms with van der Waals surface area (Å²) in [6.07, 6.45) is 3.76. The fourth-order valence-corrected chi connectivity index (χ4v) is 4.83. The number of fused-ring (bicyclic) bond motifs is 1. The number of halogens is 1. The van der Waals surface area contributed by atoms with Gasteiger partial charge in [0.1, 0.15) is 5.00 Å². The van der Waals surface area contributed by atoms with E-state index in [1.807, 2.05) is 6.07 Å². The van der Waals surface area contributed by atoms with Crippen molar-refractivity contribution in [3.8, 4) is 0 Å². The van der Waals surface area contributed by atoms with Crippen LogP contribution in [-0.4, -0.2) is 24.3 Å². The molecule has 5 nitrogen and oxygen atoms in total. The number of carbonyl (C=O) groups is 3. The molecule has 1 aromatic carbocycles. The molecule has 0 bridgehead atoms. The van der Waals surface area contributed by atoms with Crippen molar-refractivity contribution in [2.45, 2.75) is 32.6 Å². The first-order valence-corrected chi connectivity index (χ1v) is 9.95. The molecular formula is C19H18BrNO4S. The molecule has 0 unspecified atom stereocenters. The monoisotopic (exact) mass is 435 g/mol. The van der Waals surface area contributed by atoms with Gasteiger partial charge in [-0.2, -0.15) is 0 Å². The normalized spacial score (nSPS) is 13.0. The summed E-state index contributed by atoms with van der Waals surface area (Å²) >= 11 is 4.75. The molecule has 1 N–H and O–H groups in total. The number of carbonyl (C=O) groups excluding carboxylic acids is 3. The molecule has 1 aliphatic carbocycles. The second-order valence-corrected chi connectivity index (χ2v) is 8.03. The van der Waals surface area contributed by atoms with Gasteiger partial charge in [0, 0.05) is 21.8 Å². The van der Waals surface area contributed by atoms with Gasteiger partial charge in [-0.15, -0.1) is 11.3 Å². The first-order valence-electron chi connectivity index (χ1n) is 8.34. The number of hydrogen-bond donors (Lipinski definition) is 1. The highest BCUT2D eigenvalue weighted by atomic mass is 79.9. The molecule has 0 radical (unpaired) electrons. The lowest BCUT2D eigenvalue weighted by Crippen LogP contribution is -2.17. The van der Waals surface area contributed by atoms with E-state index in [9.17, 15) is 14.4 Å². The zero-order chi connectivity index (χ0) is 18.7. The smallest absolute Gasteiger partial charge is 0.341 e. The van der Waals surface area contributed by atoms with Crippen molar-refractivity contribution in [1.29, 1.82) is 0 Å². The van der Waals surface area contributed by atoms with Gasteiger partial charge in [-0.3, -0.25) is 9.59 Å². The van der Waals surface area contributed by atoms with Crippen molar-refractivity contribution in [3.05, 3.63) is 50.3 Å². The maximum atomic E-state index is 12.7. The number of amides is 1. The predicted molar refractivity (Wildman–Crippen MR) is 104 cm³/mol. The summed E-state index contributed by atoms with van der Waals surface area (Å²) in [4.78, 5) is 37.6. The third-order valence-corrected chi connectivity index (χ3v) is 6.07. The van der Waals surface area contributed by atoms with E-state index in [0.717, 1.165) is 36.1 Å². The van der Waals surface area contributed by atoms with E-state index in [2.05, 4.69) is 21.2 Å². The number of nitrogens with one attached hydrogen (secondary N) is 1. The topological polar surface area (TPSA) is 72.5 Å². The van der Waals surface area contributed by atoms with Crippen molar-refractivity contribution < 1.29 is 19.1 Å². The summed E-state index contributed by atoms with van der Waals surface area (Å²) in [7, 11) is 0. The molecule has 7 heteroatoms. The molecule has 1 aliphatic rings. The Kier molecular flexibility index (Phi) is 5.88. The second-order valence-electron chi connectivity index (χ2n) is 6.08. The first kappa shape index (κ1) is 18.8. The number of Topliss-reactive ketones (excluding diaryl/α,β-unsaturated/α-hetero) is 1. The Hall–Kier alpha value is -1.99. The van der Waals surface area contributed by atoms with Gasteiger partial charge < -0.3 is 10.1 Å². The van der Waals surface area contributed by atoms with Crippen LogP contribution in [0.2, 0.25) is 0 Å². The van der Waals surface area contributed by atoms with Crippen LogP contribution in [0.5, 0.6) is 0 Å². The number of aryl methyl sites for hydroxylation is 1. The fraction of sp³-hybridized carbons (Fsp3) is 0.316. The Morgan fingerprint density at radius 1 is 1.19 bits per heavy atom. The summed E-state index contributed by atoms with van der Waals surface area (Å²) in [6.45, 7) is 1.07. The van der Waals surface area contributed by atoms with Crippen LogP contribution in [0.15, 0.2) is 28.7 Å². The molecule has 0 fully saturated rings. The maximum Gasteiger partial charge on any atom is 0.341 e. The largest absolute Gasteiger partial charge is 0.454 e. The Labute approximate surface area is 163 Å². The highest BCUT2D eigenvalue weighted by Crippen LogP contribution is 2.38. The van der Waals surface area contributed by atoms with Gasteiger partial charge in [-0.05, 0) is 37.3 Å². The van der Waals surface area contributed by atoms with Crippen molar-refractivity contribution >= 4 is 49.9 Å². The average Bonchev–Trinajstić information content (AvgIpc) is 2.96. The van der Waals surface area contributed by atoms with E-state index in [4.69, 9.17) is 4.74 Å². The molecule has 1 aromatic heterocycles. The van der Waals surface area contributed by atoms with Gasteiger partial charge >= 0.3 is 5.97 Å². The van der Waals surface area contributed by atoms with Crippen molar-refractivity contribution in [2.24, 2.45) is 0 Å². The Morgan fingerprint density at radius 3 is 2.65 bits per heavy atom. The minimum absolute atomic E-state index is 0.234. The van der Waals surface area contributed by atoms with Gasteiger partial charge in [0.2, 0.25) is 11.7 Å². The molecule has 1 heterocycles. The van der Waals surface area contributed by atoms with Crippen LogP contribution < -0.4 is 5.32 Å².